The van der Waals surface area contributed by atoms with Gasteiger partial charge in [0.25, 0.3) is 0 Å². The second-order valence-corrected chi connectivity index (χ2v) is 7.46. The Morgan fingerprint density at radius 2 is 1.86 bits per heavy atom. The van der Waals surface area contributed by atoms with Crippen LogP contribution in [-0.2, 0) is 0 Å². The van der Waals surface area contributed by atoms with E-state index in [4.69, 9.17) is 0 Å². The Balaban J connectivity index is 3.36. The van der Waals surface area contributed by atoms with Gasteiger partial charge >= 0.3 is 0 Å². The van der Waals surface area contributed by atoms with Crippen LogP contribution >= 0.6 is 0 Å². The van der Waals surface area contributed by atoms with Crippen LogP contribution in [0.4, 0.5) is 0 Å². The normalized spacial score (nSPS) is 12.0. The zero-order chi connectivity index (χ0) is 5.91. The zero-order valence-corrected chi connectivity index (χ0v) is 6.71. The van der Waals surface area contributed by atoms with Crippen molar-refractivity contribution in [1.29, 1.82) is 0 Å². The molecule has 0 fully saturated rings. The summed E-state index contributed by atoms with van der Waals surface area (Å²) in [4.78, 5) is 3.33. The van der Waals surface area contributed by atoms with Gasteiger partial charge in [0.05, 0.1) is 0 Å². The van der Waals surface area contributed by atoms with E-state index in [1.165, 1.54) is 6.04 Å². The molecule has 0 spiro atoms. The first kappa shape index (κ1) is 7.18. The van der Waals surface area contributed by atoms with Gasteiger partial charge in [0, 0.05) is 0 Å². The lowest BCUT2D eigenvalue weighted by Crippen LogP contribution is -2.40. The highest BCUT2D eigenvalue weighted by atomic mass is 28.3. The summed E-state index contributed by atoms with van der Waals surface area (Å²) in [7, 11) is 1.15. The van der Waals surface area contributed by atoms with Crippen LogP contribution in [0.25, 0.3) is 0 Å². The Kier molecular flexibility index (Phi) is 2.54. The summed E-state index contributed by atoms with van der Waals surface area (Å²) in [6, 6.07) is 1.32. The summed E-state index contributed by atoms with van der Waals surface area (Å²) in [5, 5.41) is 0. The van der Waals surface area contributed by atoms with Crippen LogP contribution in [0.15, 0.2) is 0 Å². The minimum Gasteiger partial charge on any atom is -0.340 e. The summed E-state index contributed by atoms with van der Waals surface area (Å²) < 4.78 is 0. The van der Waals surface area contributed by atoms with Gasteiger partial charge in [-0.25, -0.2) is 0 Å². The van der Waals surface area contributed by atoms with Gasteiger partial charge < -0.3 is 4.98 Å². The molecule has 0 aromatic rings. The van der Waals surface area contributed by atoms with Gasteiger partial charge in [0.1, 0.15) is 8.24 Å². The maximum atomic E-state index is 3.33. The average Bonchev–Trinajstić information content (AvgIpc) is 1.68. The molecule has 2 heteroatoms. The lowest BCUT2D eigenvalue weighted by atomic mass is 11.0. The second-order valence-electron chi connectivity index (χ2n) is 2.49. The first-order chi connectivity index (χ1) is 3.12. The van der Waals surface area contributed by atoms with Crippen molar-refractivity contribution in [2.24, 2.45) is 0 Å². The molecule has 0 aromatic heterocycles. The van der Waals surface area contributed by atoms with Gasteiger partial charge in [-0.3, -0.25) is 0 Å². The van der Waals surface area contributed by atoms with Crippen molar-refractivity contribution >= 4 is 8.24 Å². The lowest BCUT2D eigenvalue weighted by Gasteiger charge is -2.17. The summed E-state index contributed by atoms with van der Waals surface area (Å²) in [6.07, 6.45) is 0. The third-order valence-corrected chi connectivity index (χ3v) is 4.68. The van der Waals surface area contributed by atoms with E-state index in [-0.39, 0.29) is 0 Å². The Hall–Kier alpha value is 0.177. The zero-order valence-electron chi connectivity index (χ0n) is 5.71. The van der Waals surface area contributed by atoms with E-state index in [1.807, 2.05) is 0 Å². The molecule has 0 aliphatic rings. The number of nitrogens with one attached hydrogen (secondary N) is 1. The Morgan fingerprint density at radius 3 is 1.86 bits per heavy atom. The maximum Gasteiger partial charge on any atom is 0.118 e. The molecule has 0 radical (unpaired) electrons. The van der Waals surface area contributed by atoms with Gasteiger partial charge in [0.15, 0.2) is 0 Å². The highest BCUT2D eigenvalue weighted by molar-refractivity contribution is 6.74. The summed E-state index contributed by atoms with van der Waals surface area (Å²) in [5.74, 6) is 0. The van der Waals surface area contributed by atoms with Crippen molar-refractivity contribution in [3.05, 3.63) is 0 Å². The molecule has 0 amide bonds. The second kappa shape index (κ2) is 2.48. The Labute approximate surface area is 47.2 Å². The minimum absolute atomic E-state index is 0.901. The molecule has 0 rings (SSSR count). The van der Waals surface area contributed by atoms with E-state index < -0.39 is 8.24 Å². The highest BCUT2D eigenvalue weighted by Crippen LogP contribution is 2.00. The summed E-state index contributed by atoms with van der Waals surface area (Å²) in [5.41, 5.74) is 0. The third-order valence-electron chi connectivity index (χ3n) is 1.56. The van der Waals surface area contributed by atoms with Crippen LogP contribution in [0.2, 0.25) is 19.1 Å². The topological polar surface area (TPSA) is 12.0 Å². The molecule has 0 bridgehead atoms. The fourth-order valence-corrected chi connectivity index (χ4v) is 0.530. The molecule has 0 saturated heterocycles. The molecule has 44 valence electrons. The van der Waals surface area contributed by atoms with E-state index >= 15 is 0 Å². The molecule has 7 heavy (non-hydrogen) atoms. The smallest absolute Gasteiger partial charge is 0.118 e. The SMILES string of the molecule is CC[Si](C)(C)NC. The summed E-state index contributed by atoms with van der Waals surface area (Å²) in [6.45, 7) is 6.89. The first-order valence-electron chi connectivity index (χ1n) is 2.81. The Bertz CT molecular complexity index is 46.0. The van der Waals surface area contributed by atoms with Crippen LogP contribution in [0, 0.1) is 0 Å². The highest BCUT2D eigenvalue weighted by Gasteiger charge is 2.12. The number of hydrogen-bond donors (Lipinski definition) is 1. The van der Waals surface area contributed by atoms with Crippen molar-refractivity contribution < 1.29 is 0 Å². The molecule has 0 aromatic carbocycles. The fourth-order valence-electron chi connectivity index (χ4n) is 0.177. The van der Waals surface area contributed by atoms with E-state index in [9.17, 15) is 0 Å². The molecular weight excluding hydrogens is 102 g/mol. The summed E-state index contributed by atoms with van der Waals surface area (Å²) >= 11 is 0. The lowest BCUT2D eigenvalue weighted by molar-refractivity contribution is 1.11. The maximum absolute atomic E-state index is 3.33. The molecular formula is C5H15NSi. The van der Waals surface area contributed by atoms with Gasteiger partial charge in [-0.1, -0.05) is 20.0 Å². The molecule has 1 N–H and O–H groups in total. The fraction of sp³-hybridized carbons (Fsp3) is 1.00. The molecule has 0 heterocycles. The largest absolute Gasteiger partial charge is 0.340 e. The van der Waals surface area contributed by atoms with Gasteiger partial charge in [-0.2, -0.15) is 0 Å². The van der Waals surface area contributed by atoms with Crippen molar-refractivity contribution in [1.82, 2.24) is 4.98 Å². The van der Waals surface area contributed by atoms with Crippen molar-refractivity contribution in [3.8, 4) is 0 Å². The number of rotatable bonds is 2. The van der Waals surface area contributed by atoms with Crippen LogP contribution < -0.4 is 4.98 Å². The molecule has 1 nitrogen and oxygen atoms in total. The standard InChI is InChI=1S/C5H15NSi/c1-5-7(3,4)6-2/h6H,5H2,1-4H3. The monoisotopic (exact) mass is 117 g/mol. The molecule has 0 saturated carbocycles. The van der Waals surface area contributed by atoms with Crippen molar-refractivity contribution in [2.75, 3.05) is 7.05 Å². The van der Waals surface area contributed by atoms with Crippen LogP contribution in [0.5, 0.6) is 0 Å². The predicted molar refractivity (Wildman–Crippen MR) is 37.0 cm³/mol. The molecule has 0 aliphatic carbocycles. The average molecular weight is 117 g/mol. The molecule has 0 aliphatic heterocycles. The van der Waals surface area contributed by atoms with Crippen LogP contribution in [0.3, 0.4) is 0 Å². The van der Waals surface area contributed by atoms with Crippen molar-refractivity contribution in [2.45, 2.75) is 26.1 Å². The van der Waals surface area contributed by atoms with E-state index in [0.717, 1.165) is 0 Å². The quantitative estimate of drug-likeness (QED) is 0.540. The minimum atomic E-state index is -0.901. The third kappa shape index (κ3) is 2.82. The molecule has 0 unspecified atom stereocenters. The van der Waals surface area contributed by atoms with Gasteiger partial charge in [0.2, 0.25) is 0 Å². The first-order valence-corrected chi connectivity index (χ1v) is 6.02. The van der Waals surface area contributed by atoms with Crippen LogP contribution in [-0.4, -0.2) is 15.3 Å². The van der Waals surface area contributed by atoms with E-state index in [0.29, 0.717) is 0 Å². The van der Waals surface area contributed by atoms with Gasteiger partial charge in [-0.15, -0.1) is 0 Å². The van der Waals surface area contributed by atoms with E-state index in [2.05, 4.69) is 32.0 Å². The van der Waals surface area contributed by atoms with Crippen molar-refractivity contribution in [3.63, 3.8) is 0 Å². The van der Waals surface area contributed by atoms with Crippen LogP contribution in [0.1, 0.15) is 6.92 Å². The number of hydrogen-bond acceptors (Lipinski definition) is 1. The van der Waals surface area contributed by atoms with Gasteiger partial charge in [-0.05, 0) is 13.1 Å². The molecule has 0 atom stereocenters. The van der Waals surface area contributed by atoms with E-state index in [1.54, 1.807) is 0 Å². The predicted octanol–water partition coefficient (Wildman–Crippen LogP) is 1.43. The Morgan fingerprint density at radius 1 is 1.43 bits per heavy atom.